The summed E-state index contributed by atoms with van der Waals surface area (Å²) in [7, 11) is -3.75. The van der Waals surface area contributed by atoms with E-state index in [-0.39, 0.29) is 0 Å². The van der Waals surface area contributed by atoms with Crippen molar-refractivity contribution < 1.29 is 26.7 Å². The van der Waals surface area contributed by atoms with Gasteiger partial charge in [-0.3, -0.25) is 0 Å². The number of hydrogen-bond donors (Lipinski definition) is 1. The Morgan fingerprint density at radius 2 is 1.12 bits per heavy atom. The van der Waals surface area contributed by atoms with Gasteiger partial charge in [0.2, 0.25) is 11.3 Å². The van der Waals surface area contributed by atoms with E-state index in [9.17, 15) is 8.42 Å². The lowest BCUT2D eigenvalue weighted by Gasteiger charge is -2.29. The van der Waals surface area contributed by atoms with E-state index in [1.807, 2.05) is 67.6 Å². The van der Waals surface area contributed by atoms with Gasteiger partial charge in [-0.2, -0.15) is 9.97 Å². The number of hydrogen-bond acceptors (Lipinski definition) is 14. The molecule has 0 amide bonds. The van der Waals surface area contributed by atoms with Crippen LogP contribution in [0, 0.1) is 6.92 Å². The monoisotopic (exact) mass is 904 g/mol. The first kappa shape index (κ1) is 40.6. The number of rotatable bonds is 6. The number of nitrogens with zero attached hydrogens (tertiary/aromatic N) is 9. The Kier molecular flexibility index (Phi) is 10.1. The van der Waals surface area contributed by atoms with Gasteiger partial charge in [0.25, 0.3) is 22.1 Å². The van der Waals surface area contributed by atoms with E-state index in [2.05, 4.69) is 58.8 Å². The summed E-state index contributed by atoms with van der Waals surface area (Å²) in [5.74, 6) is 1.74. The van der Waals surface area contributed by atoms with Gasteiger partial charge in [-0.1, -0.05) is 54.1 Å². The van der Waals surface area contributed by atoms with Crippen molar-refractivity contribution in [3.8, 4) is 0 Å². The number of anilines is 4. The summed E-state index contributed by atoms with van der Waals surface area (Å²) in [6.07, 6.45) is 1.56. The van der Waals surface area contributed by atoms with Crippen molar-refractivity contribution in [3.63, 3.8) is 0 Å². The van der Waals surface area contributed by atoms with Crippen molar-refractivity contribution in [2.24, 2.45) is 0 Å². The number of benzene rings is 3. The topological polar surface area (TPSA) is 164 Å². The van der Waals surface area contributed by atoms with Crippen LogP contribution in [-0.4, -0.2) is 103 Å². The van der Waals surface area contributed by atoms with Crippen LogP contribution in [0.1, 0.15) is 28.1 Å². The molecule has 336 valence electrons. The zero-order valence-corrected chi connectivity index (χ0v) is 37.3. The third-order valence-corrected chi connectivity index (χ3v) is 14.9. The van der Waals surface area contributed by atoms with E-state index in [4.69, 9.17) is 28.3 Å². The third kappa shape index (κ3) is 7.27. The second kappa shape index (κ2) is 16.5. The summed E-state index contributed by atoms with van der Waals surface area (Å²) >= 11 is 0. The molecule has 17 heteroatoms. The Balaban J connectivity index is 0.000000145. The van der Waals surface area contributed by atoms with E-state index in [1.54, 1.807) is 16.1 Å². The molecule has 3 aromatic carbocycles. The highest BCUT2D eigenvalue weighted by Crippen LogP contribution is 2.36. The van der Waals surface area contributed by atoms with Crippen LogP contribution >= 0.6 is 0 Å². The number of aryl methyl sites for hydroxylation is 1. The predicted octanol–water partition coefficient (Wildman–Crippen LogP) is 7.23. The summed E-state index contributed by atoms with van der Waals surface area (Å²) in [6.45, 7) is 10.7. The van der Waals surface area contributed by atoms with Crippen LogP contribution in [0.25, 0.3) is 44.3 Å². The first-order valence-corrected chi connectivity index (χ1v) is 24.0. The van der Waals surface area contributed by atoms with Crippen LogP contribution in [0.3, 0.4) is 0 Å². The molecule has 0 aliphatic carbocycles. The van der Waals surface area contributed by atoms with E-state index < -0.39 is 10.0 Å². The summed E-state index contributed by atoms with van der Waals surface area (Å²) in [5, 5.41) is 2.25. The van der Waals surface area contributed by atoms with Gasteiger partial charge in [0.1, 0.15) is 11.6 Å². The molecule has 13 rings (SSSR count). The highest BCUT2D eigenvalue weighted by molar-refractivity contribution is 7.90. The lowest BCUT2D eigenvalue weighted by Crippen LogP contribution is -2.36. The minimum atomic E-state index is -3.75. The van der Waals surface area contributed by atoms with Gasteiger partial charge < -0.3 is 42.9 Å². The number of aromatic amines is 1. The molecule has 2 fully saturated rings. The molecular formula is C49H48N10O6S. The average Bonchev–Trinajstić information content (AvgIpc) is 4.16. The van der Waals surface area contributed by atoms with Gasteiger partial charge in [-0.25, -0.2) is 22.4 Å². The third-order valence-electron chi connectivity index (χ3n) is 13.1. The number of pyridine rings is 2. The first-order chi connectivity index (χ1) is 32.3. The van der Waals surface area contributed by atoms with Crippen LogP contribution in [0.5, 0.6) is 0 Å². The zero-order valence-electron chi connectivity index (χ0n) is 36.5. The van der Waals surface area contributed by atoms with Gasteiger partial charge in [-0.05, 0) is 55.5 Å². The second-order valence-electron chi connectivity index (χ2n) is 17.2. The fourth-order valence-electron chi connectivity index (χ4n) is 9.64. The SMILES string of the molecule is Cc1ccc(S(=O)(=O)n2c3c(c4ccccc42)CN(c2ccc4oc(N5CCOCC5)nc4n2)CC3)cc1.c1ccc2c3c([nH]c2c1)CCN(c1ccc2oc(N4CCOCC4)nc2n1)C3. The molecule has 0 atom stereocenters. The van der Waals surface area contributed by atoms with Gasteiger partial charge in [-0.15, -0.1) is 0 Å². The predicted molar refractivity (Wildman–Crippen MR) is 253 cm³/mol. The van der Waals surface area contributed by atoms with E-state index >= 15 is 0 Å². The van der Waals surface area contributed by atoms with Gasteiger partial charge in [0.05, 0.1) is 36.8 Å². The number of morpholine rings is 2. The lowest BCUT2D eigenvalue weighted by atomic mass is 10.0. The molecule has 66 heavy (non-hydrogen) atoms. The zero-order chi connectivity index (χ0) is 44.4. The minimum absolute atomic E-state index is 0.295. The molecule has 0 spiro atoms. The highest BCUT2D eigenvalue weighted by atomic mass is 32.2. The molecule has 0 saturated carbocycles. The molecular weight excluding hydrogens is 857 g/mol. The van der Waals surface area contributed by atoms with Crippen molar-refractivity contribution in [1.29, 1.82) is 0 Å². The maximum Gasteiger partial charge on any atom is 0.300 e. The summed E-state index contributed by atoms with van der Waals surface area (Å²) in [6, 6.07) is 32.4. The van der Waals surface area contributed by atoms with Crippen LogP contribution in [0.4, 0.5) is 23.7 Å². The molecule has 1 N–H and O–H groups in total. The van der Waals surface area contributed by atoms with Crippen LogP contribution in [0.15, 0.2) is 111 Å². The number of aromatic nitrogens is 6. The Morgan fingerprint density at radius 3 is 1.76 bits per heavy atom. The van der Waals surface area contributed by atoms with Gasteiger partial charge in [0.15, 0.2) is 11.2 Å². The quantitative estimate of drug-likeness (QED) is 0.178. The smallest absolute Gasteiger partial charge is 0.300 e. The van der Waals surface area contributed by atoms with Crippen molar-refractivity contribution in [1.82, 2.24) is 28.9 Å². The maximum atomic E-state index is 13.8. The van der Waals surface area contributed by atoms with Crippen LogP contribution in [0.2, 0.25) is 0 Å². The van der Waals surface area contributed by atoms with Crippen molar-refractivity contribution in [2.75, 3.05) is 85.3 Å². The first-order valence-electron chi connectivity index (χ1n) is 22.6. The summed E-state index contributed by atoms with van der Waals surface area (Å²) in [4.78, 5) is 31.5. The Labute approximate surface area is 380 Å². The molecule has 0 unspecified atom stereocenters. The number of para-hydroxylation sites is 2. The largest absolute Gasteiger partial charge is 0.422 e. The van der Waals surface area contributed by atoms with Crippen LogP contribution < -0.4 is 19.6 Å². The van der Waals surface area contributed by atoms with E-state index in [1.165, 1.54) is 22.2 Å². The summed E-state index contributed by atoms with van der Waals surface area (Å²) < 4.78 is 51.9. The average molecular weight is 905 g/mol. The Bertz CT molecular complexity index is 3370. The van der Waals surface area contributed by atoms with Gasteiger partial charge >= 0.3 is 0 Å². The highest BCUT2D eigenvalue weighted by Gasteiger charge is 2.31. The molecule has 4 aliphatic rings. The second-order valence-corrected chi connectivity index (χ2v) is 19.0. The van der Waals surface area contributed by atoms with E-state index in [0.717, 1.165) is 85.1 Å². The Morgan fingerprint density at radius 1 is 0.561 bits per heavy atom. The molecule has 10 heterocycles. The molecule has 4 aliphatic heterocycles. The van der Waals surface area contributed by atoms with Gasteiger partial charge in [0, 0.05) is 104 Å². The minimum Gasteiger partial charge on any atom is -0.422 e. The number of fused-ring (bicyclic) bond motifs is 8. The van der Waals surface area contributed by atoms with Crippen molar-refractivity contribution in [2.45, 2.75) is 37.8 Å². The fourth-order valence-corrected chi connectivity index (χ4v) is 11.2. The van der Waals surface area contributed by atoms with Crippen molar-refractivity contribution >= 4 is 78.0 Å². The molecule has 16 nitrogen and oxygen atoms in total. The Hall–Kier alpha value is -6.95. The lowest BCUT2D eigenvalue weighted by molar-refractivity contribution is 0.120. The van der Waals surface area contributed by atoms with Crippen LogP contribution in [-0.2, 0) is 45.4 Å². The number of ether oxygens (including phenoxy) is 2. The molecule has 0 radical (unpaired) electrons. The molecule has 0 bridgehead atoms. The molecule has 6 aromatic heterocycles. The normalized spacial score (nSPS) is 16.8. The maximum absolute atomic E-state index is 13.8. The van der Waals surface area contributed by atoms with Crippen molar-refractivity contribution in [3.05, 3.63) is 125 Å². The number of nitrogens with one attached hydrogen (secondary N) is 1. The standard InChI is InChI=1S/C28H27N5O4S.C21H21N5O2/c1-19-6-8-20(9-7-19)38(34,35)33-23-5-3-2-4-21(23)22-18-32(13-12-24(22)33)26-11-10-25-27(29-26)30-28(37-25)31-14-16-36-17-15-31;1-2-4-16-14(3-1)15-13-26(8-7-17(15)22-16)19-6-5-18-20(23-19)24-21(28-18)25-9-11-27-12-10-25/h2-11H,12-18H2,1H3;1-6,22H,7-13H2. The molecule has 9 aromatic rings. The summed E-state index contributed by atoms with van der Waals surface area (Å²) in [5.41, 5.74) is 10.1. The fraction of sp³-hybridized carbons (Fsp3) is 0.306. The number of oxazole rings is 2. The van der Waals surface area contributed by atoms with E-state index in [0.29, 0.717) is 85.3 Å². The number of H-pyrrole nitrogens is 1. The molecule has 2 saturated heterocycles.